The Bertz CT molecular complexity index is 510. The van der Waals surface area contributed by atoms with E-state index in [1.165, 1.54) is 18.9 Å². The van der Waals surface area contributed by atoms with Crippen LogP contribution in [0.3, 0.4) is 0 Å². The first-order chi connectivity index (χ1) is 10.1. The van der Waals surface area contributed by atoms with Crippen molar-refractivity contribution in [2.75, 3.05) is 24.9 Å². The molecule has 0 aliphatic heterocycles. The lowest BCUT2D eigenvalue weighted by Gasteiger charge is -2.12. The fourth-order valence-electron chi connectivity index (χ4n) is 1.81. The summed E-state index contributed by atoms with van der Waals surface area (Å²) in [5.41, 5.74) is 2.40. The first-order valence-corrected chi connectivity index (χ1v) is 7.64. The van der Waals surface area contributed by atoms with Gasteiger partial charge in [0.2, 0.25) is 5.95 Å². The maximum Gasteiger partial charge on any atom is 0.322 e. The molecule has 0 bridgehead atoms. The third-order valence-electron chi connectivity index (χ3n) is 3.21. The monoisotopic (exact) mass is 313 g/mol. The number of nitrogens with one attached hydrogen (secondary N) is 1. The maximum absolute atomic E-state index is 11.4. The zero-order chi connectivity index (χ0) is 15.3. The number of aromatic nitrogens is 3. The summed E-state index contributed by atoms with van der Waals surface area (Å²) in [4.78, 5) is 23.8. The Labute approximate surface area is 127 Å². The molecule has 1 aliphatic rings. The molecule has 3 N–H and O–H groups in total. The lowest BCUT2D eigenvalue weighted by atomic mass is 10.1. The second-order valence-electron chi connectivity index (χ2n) is 4.84. The number of hydrazine groups is 1. The highest BCUT2D eigenvalue weighted by atomic mass is 32.2. The van der Waals surface area contributed by atoms with Crippen LogP contribution in [0.2, 0.25) is 0 Å². The molecule has 0 radical (unpaired) electrons. The number of methoxy groups -OCH3 is 1. The van der Waals surface area contributed by atoms with Crippen molar-refractivity contribution in [3.63, 3.8) is 0 Å². The van der Waals surface area contributed by atoms with Crippen molar-refractivity contribution >= 4 is 23.7 Å². The highest BCUT2D eigenvalue weighted by Crippen LogP contribution is 2.51. The number of ether oxygens (including phenoxy) is 2. The third-order valence-corrected chi connectivity index (χ3v) is 4.41. The highest BCUT2D eigenvalue weighted by molar-refractivity contribution is 7.99. The van der Waals surface area contributed by atoms with Gasteiger partial charge in [0.25, 0.3) is 0 Å². The molecule has 0 saturated heterocycles. The Hall–Kier alpha value is -1.61. The smallest absolute Gasteiger partial charge is 0.322 e. The minimum absolute atomic E-state index is 0.00642. The molecule has 0 spiro atoms. The number of anilines is 1. The van der Waals surface area contributed by atoms with Gasteiger partial charge in [-0.15, -0.1) is 0 Å². The maximum atomic E-state index is 11.4. The number of hydrogen-bond acceptors (Lipinski definition) is 9. The van der Waals surface area contributed by atoms with Gasteiger partial charge >= 0.3 is 12.0 Å². The van der Waals surface area contributed by atoms with E-state index >= 15 is 0 Å². The number of carbonyl (C=O) groups is 1. The zero-order valence-corrected chi connectivity index (χ0v) is 12.9. The molecule has 1 aromatic heterocycles. The molecular weight excluding hydrogens is 294 g/mol. The molecule has 1 fully saturated rings. The minimum atomic E-state index is -0.178. The van der Waals surface area contributed by atoms with Crippen LogP contribution < -0.4 is 16.0 Å². The lowest BCUT2D eigenvalue weighted by Crippen LogP contribution is -2.15. The van der Waals surface area contributed by atoms with Crippen LogP contribution >= 0.6 is 11.8 Å². The van der Waals surface area contributed by atoms with Crippen molar-refractivity contribution in [2.45, 2.75) is 31.3 Å². The second kappa shape index (κ2) is 6.90. The lowest BCUT2D eigenvalue weighted by molar-refractivity contribution is -0.141. The minimum Gasteiger partial charge on any atom is -0.469 e. The summed E-state index contributed by atoms with van der Waals surface area (Å²) in [6.07, 6.45) is 2.46. The summed E-state index contributed by atoms with van der Waals surface area (Å²) in [6, 6.07) is 0.237. The fraction of sp³-hybridized carbons (Fsp3) is 0.667. The van der Waals surface area contributed by atoms with Gasteiger partial charge in [0.05, 0.1) is 20.1 Å². The fourth-order valence-corrected chi connectivity index (χ4v) is 2.93. The van der Waals surface area contributed by atoms with E-state index in [1.807, 2.05) is 6.92 Å². The zero-order valence-electron chi connectivity index (χ0n) is 12.1. The van der Waals surface area contributed by atoms with Gasteiger partial charge in [-0.1, -0.05) is 11.8 Å². The standard InChI is InChI=1S/C12H19N5O3S/c1-3-20-10-14-9(17-13)15-11(16-10)21-7-12(4-5-12)6-8(18)19-2/h3-7,13H2,1-2H3,(H,14,15,16,17). The molecule has 8 nitrogen and oxygen atoms in total. The van der Waals surface area contributed by atoms with Gasteiger partial charge in [-0.25, -0.2) is 5.84 Å². The number of nitrogen functional groups attached to an aromatic ring is 1. The first-order valence-electron chi connectivity index (χ1n) is 6.66. The molecule has 2 rings (SSSR count). The van der Waals surface area contributed by atoms with E-state index in [1.54, 1.807) is 0 Å². The van der Waals surface area contributed by atoms with Crippen LogP contribution in [0.25, 0.3) is 0 Å². The molecule has 1 saturated carbocycles. The summed E-state index contributed by atoms with van der Waals surface area (Å²) in [7, 11) is 1.41. The van der Waals surface area contributed by atoms with Crippen molar-refractivity contribution in [3.8, 4) is 6.01 Å². The first kappa shape index (κ1) is 15.8. The molecule has 1 aromatic rings. The average Bonchev–Trinajstić information content (AvgIpc) is 3.25. The number of rotatable bonds is 8. The van der Waals surface area contributed by atoms with Crippen molar-refractivity contribution in [1.29, 1.82) is 0 Å². The molecule has 1 aliphatic carbocycles. The van der Waals surface area contributed by atoms with Crippen molar-refractivity contribution in [3.05, 3.63) is 0 Å². The van der Waals surface area contributed by atoms with Crippen LogP contribution in [-0.4, -0.2) is 40.4 Å². The van der Waals surface area contributed by atoms with E-state index < -0.39 is 0 Å². The van der Waals surface area contributed by atoms with E-state index in [2.05, 4.69) is 20.4 Å². The Balaban J connectivity index is 1.99. The quantitative estimate of drug-likeness (QED) is 0.314. The summed E-state index contributed by atoms with van der Waals surface area (Å²) in [5, 5.41) is 0.526. The molecule has 1 heterocycles. The van der Waals surface area contributed by atoms with E-state index in [9.17, 15) is 4.79 Å². The topological polar surface area (TPSA) is 112 Å². The van der Waals surface area contributed by atoms with Gasteiger partial charge in [-0.3, -0.25) is 10.2 Å². The van der Waals surface area contributed by atoms with Crippen LogP contribution in [0.5, 0.6) is 6.01 Å². The summed E-state index contributed by atoms with van der Waals surface area (Å²) < 4.78 is 10.0. The number of thioether (sulfide) groups is 1. The molecule has 116 valence electrons. The predicted molar refractivity (Wildman–Crippen MR) is 77.8 cm³/mol. The molecule has 0 unspecified atom stereocenters. The Kier molecular flexibility index (Phi) is 5.18. The van der Waals surface area contributed by atoms with Gasteiger partial charge in [-0.05, 0) is 25.2 Å². The van der Waals surface area contributed by atoms with Crippen LogP contribution in [0.15, 0.2) is 5.16 Å². The van der Waals surface area contributed by atoms with Crippen LogP contribution in [0.1, 0.15) is 26.2 Å². The molecule has 21 heavy (non-hydrogen) atoms. The largest absolute Gasteiger partial charge is 0.469 e. The van der Waals surface area contributed by atoms with Crippen molar-refractivity contribution in [2.24, 2.45) is 11.3 Å². The number of hydrogen-bond donors (Lipinski definition) is 2. The Morgan fingerprint density at radius 3 is 2.76 bits per heavy atom. The van der Waals surface area contributed by atoms with Gasteiger partial charge < -0.3 is 9.47 Å². The van der Waals surface area contributed by atoms with Gasteiger partial charge in [0.15, 0.2) is 5.16 Å². The van der Waals surface area contributed by atoms with Crippen molar-refractivity contribution in [1.82, 2.24) is 15.0 Å². The number of nitrogens with two attached hydrogens (primary N) is 1. The molecular formula is C12H19N5O3S. The third kappa shape index (κ3) is 4.43. The molecule has 0 atom stereocenters. The van der Waals surface area contributed by atoms with E-state index in [0.29, 0.717) is 18.2 Å². The Morgan fingerprint density at radius 2 is 2.19 bits per heavy atom. The normalized spacial score (nSPS) is 15.4. The molecule has 9 heteroatoms. The predicted octanol–water partition coefficient (Wildman–Crippen LogP) is 0.991. The van der Waals surface area contributed by atoms with E-state index in [0.717, 1.165) is 18.6 Å². The summed E-state index contributed by atoms with van der Waals surface area (Å²) >= 11 is 1.47. The van der Waals surface area contributed by atoms with Gasteiger partial charge in [-0.2, -0.15) is 15.0 Å². The number of esters is 1. The summed E-state index contributed by atoms with van der Waals surface area (Å²) in [5.74, 6) is 6.17. The number of carbonyl (C=O) groups excluding carboxylic acids is 1. The van der Waals surface area contributed by atoms with Crippen LogP contribution in [0.4, 0.5) is 5.95 Å². The highest BCUT2D eigenvalue weighted by Gasteiger charge is 2.44. The Morgan fingerprint density at radius 1 is 1.43 bits per heavy atom. The summed E-state index contributed by atoms with van der Waals surface area (Å²) in [6.45, 7) is 2.31. The SMILES string of the molecule is CCOc1nc(NN)nc(SCC2(CC(=O)OC)CC2)n1. The van der Waals surface area contributed by atoms with Gasteiger partial charge in [0.1, 0.15) is 0 Å². The van der Waals surface area contributed by atoms with E-state index in [-0.39, 0.29) is 23.3 Å². The second-order valence-corrected chi connectivity index (χ2v) is 5.79. The number of nitrogens with zero attached hydrogens (tertiary/aromatic N) is 3. The van der Waals surface area contributed by atoms with Crippen LogP contribution in [0, 0.1) is 5.41 Å². The van der Waals surface area contributed by atoms with E-state index in [4.69, 9.17) is 15.3 Å². The average molecular weight is 313 g/mol. The van der Waals surface area contributed by atoms with Crippen LogP contribution in [-0.2, 0) is 9.53 Å². The van der Waals surface area contributed by atoms with Gasteiger partial charge in [0, 0.05) is 5.75 Å². The molecule has 0 amide bonds. The van der Waals surface area contributed by atoms with Crippen molar-refractivity contribution < 1.29 is 14.3 Å². The molecule has 0 aromatic carbocycles.